The van der Waals surface area contributed by atoms with Gasteiger partial charge in [0.2, 0.25) is 5.91 Å². The number of likely N-dealkylation sites (tertiary alicyclic amines) is 2. The zero-order valence-corrected chi connectivity index (χ0v) is 17.6. The van der Waals surface area contributed by atoms with E-state index in [0.29, 0.717) is 18.5 Å². The molecule has 2 saturated heterocycles. The van der Waals surface area contributed by atoms with Crippen molar-refractivity contribution in [3.8, 4) is 0 Å². The average Bonchev–Trinajstić information content (AvgIpc) is 2.76. The minimum Gasteiger partial charge on any atom is -0.475 e. The summed E-state index contributed by atoms with van der Waals surface area (Å²) in [7, 11) is 1.90. The second kappa shape index (κ2) is 9.13. The van der Waals surface area contributed by atoms with Crippen LogP contribution in [-0.4, -0.2) is 69.5 Å². The Bertz CT molecular complexity index is 1020. The molecular formula is C22H24F3N3O4. The molecule has 3 heterocycles. The van der Waals surface area contributed by atoms with E-state index in [2.05, 4.69) is 4.98 Å². The van der Waals surface area contributed by atoms with E-state index in [4.69, 9.17) is 9.90 Å². The first-order valence-corrected chi connectivity index (χ1v) is 10.2. The Hall–Kier alpha value is -3.17. The minimum atomic E-state index is -5.08. The van der Waals surface area contributed by atoms with E-state index in [1.54, 1.807) is 6.20 Å². The number of benzene rings is 1. The lowest BCUT2D eigenvalue weighted by Gasteiger charge is -2.50. The molecule has 7 nitrogen and oxygen atoms in total. The van der Waals surface area contributed by atoms with Crippen LogP contribution in [0.3, 0.4) is 0 Å². The maximum absolute atomic E-state index is 13.1. The Morgan fingerprint density at radius 1 is 1.16 bits per heavy atom. The van der Waals surface area contributed by atoms with E-state index in [-0.39, 0.29) is 17.4 Å². The van der Waals surface area contributed by atoms with E-state index in [9.17, 15) is 22.8 Å². The van der Waals surface area contributed by atoms with Gasteiger partial charge in [-0.15, -0.1) is 0 Å². The van der Waals surface area contributed by atoms with Crippen LogP contribution in [0.2, 0.25) is 0 Å². The summed E-state index contributed by atoms with van der Waals surface area (Å²) in [6.45, 7) is 1.40. The highest BCUT2D eigenvalue weighted by molar-refractivity contribution is 5.98. The lowest BCUT2D eigenvalue weighted by molar-refractivity contribution is -0.192. The number of carboxylic acid groups (broad SMARTS) is 1. The van der Waals surface area contributed by atoms with Gasteiger partial charge in [0.25, 0.3) is 5.91 Å². The minimum absolute atomic E-state index is 0.0521. The molecule has 2 fully saturated rings. The van der Waals surface area contributed by atoms with Gasteiger partial charge in [0.1, 0.15) is 0 Å². The van der Waals surface area contributed by atoms with Crippen molar-refractivity contribution in [2.45, 2.75) is 43.8 Å². The molecule has 10 heteroatoms. The van der Waals surface area contributed by atoms with Gasteiger partial charge in [0.05, 0.1) is 11.1 Å². The molecule has 0 radical (unpaired) electrons. The van der Waals surface area contributed by atoms with Gasteiger partial charge in [-0.1, -0.05) is 6.07 Å². The van der Waals surface area contributed by atoms with Crippen molar-refractivity contribution >= 4 is 28.7 Å². The SMILES string of the molecule is CN1C(=O)CCCC12CCCN(C(=O)c1ccc3ncccc3c1)C2.O=C(O)C(F)(F)F. The van der Waals surface area contributed by atoms with Crippen molar-refractivity contribution in [2.24, 2.45) is 0 Å². The molecule has 2 aromatic rings. The molecule has 2 aliphatic heterocycles. The Morgan fingerprint density at radius 2 is 1.84 bits per heavy atom. The summed E-state index contributed by atoms with van der Waals surface area (Å²) in [6, 6.07) is 9.54. The Morgan fingerprint density at radius 3 is 2.53 bits per heavy atom. The monoisotopic (exact) mass is 451 g/mol. The quantitative estimate of drug-likeness (QED) is 0.717. The number of aromatic nitrogens is 1. The van der Waals surface area contributed by atoms with Crippen molar-refractivity contribution in [2.75, 3.05) is 20.1 Å². The summed E-state index contributed by atoms with van der Waals surface area (Å²) in [4.78, 5) is 42.3. The molecule has 172 valence electrons. The third-order valence-corrected chi connectivity index (χ3v) is 6.05. The molecule has 4 rings (SSSR count). The van der Waals surface area contributed by atoms with Crippen LogP contribution in [0.15, 0.2) is 36.5 Å². The number of fused-ring (bicyclic) bond motifs is 1. The van der Waals surface area contributed by atoms with E-state index >= 15 is 0 Å². The molecule has 1 atom stereocenters. The molecule has 1 aromatic heterocycles. The van der Waals surface area contributed by atoms with Crippen LogP contribution in [0, 0.1) is 0 Å². The number of carboxylic acids is 1. The zero-order valence-electron chi connectivity index (χ0n) is 17.6. The standard InChI is InChI=1S/C20H23N3O2.C2HF3O2/c1-22-18(24)6-2-9-20(22)10-4-12-23(14-20)19(25)16-7-8-17-15(13-16)5-3-11-21-17;3-2(4,5)1(6)7/h3,5,7-8,11,13H,2,4,6,9-10,12,14H2,1H3;(H,6,7). The molecule has 2 amide bonds. The van der Waals surface area contributed by atoms with Gasteiger partial charge in [-0.3, -0.25) is 14.6 Å². The summed E-state index contributed by atoms with van der Waals surface area (Å²) >= 11 is 0. The molecule has 0 saturated carbocycles. The number of likely N-dealkylation sites (N-methyl/N-ethyl adjacent to an activating group) is 1. The maximum Gasteiger partial charge on any atom is 0.490 e. The van der Waals surface area contributed by atoms with Crippen molar-refractivity contribution in [3.63, 3.8) is 0 Å². The summed E-state index contributed by atoms with van der Waals surface area (Å²) < 4.78 is 31.7. The highest BCUT2D eigenvalue weighted by atomic mass is 19.4. The first-order chi connectivity index (χ1) is 15.0. The van der Waals surface area contributed by atoms with Crippen LogP contribution in [0.25, 0.3) is 10.9 Å². The normalized spacial score (nSPS) is 21.3. The number of hydrogen-bond acceptors (Lipinski definition) is 4. The fourth-order valence-electron chi connectivity index (χ4n) is 4.32. The fraction of sp³-hybridized carbons (Fsp3) is 0.455. The van der Waals surface area contributed by atoms with Crippen LogP contribution < -0.4 is 0 Å². The smallest absolute Gasteiger partial charge is 0.475 e. The largest absolute Gasteiger partial charge is 0.490 e. The summed E-state index contributed by atoms with van der Waals surface area (Å²) in [5.41, 5.74) is 1.41. The molecule has 0 bridgehead atoms. The van der Waals surface area contributed by atoms with Crippen molar-refractivity contribution < 1.29 is 32.7 Å². The third kappa shape index (κ3) is 5.00. The van der Waals surface area contributed by atoms with E-state index in [1.165, 1.54) is 0 Å². The number of nitrogens with zero attached hydrogens (tertiary/aromatic N) is 3. The van der Waals surface area contributed by atoms with E-state index < -0.39 is 12.1 Å². The number of alkyl halides is 3. The topological polar surface area (TPSA) is 90.8 Å². The van der Waals surface area contributed by atoms with Crippen LogP contribution in [0.1, 0.15) is 42.5 Å². The Balaban J connectivity index is 0.000000360. The lowest BCUT2D eigenvalue weighted by atomic mass is 9.80. The van der Waals surface area contributed by atoms with Gasteiger partial charge in [-0.2, -0.15) is 13.2 Å². The van der Waals surface area contributed by atoms with Gasteiger partial charge in [0, 0.05) is 43.7 Å². The number of piperidine rings is 2. The summed E-state index contributed by atoms with van der Waals surface area (Å²) in [6.07, 6.45) is 1.14. The Labute approximate surface area is 182 Å². The second-order valence-electron chi connectivity index (χ2n) is 8.07. The van der Waals surface area contributed by atoms with Crippen molar-refractivity contribution in [1.82, 2.24) is 14.8 Å². The molecule has 1 aromatic carbocycles. The summed E-state index contributed by atoms with van der Waals surface area (Å²) in [5, 5.41) is 8.10. The molecule has 1 N–H and O–H groups in total. The predicted octanol–water partition coefficient (Wildman–Crippen LogP) is 3.49. The maximum atomic E-state index is 13.1. The predicted molar refractivity (Wildman–Crippen MR) is 110 cm³/mol. The number of carbonyl (C=O) groups excluding carboxylic acids is 2. The number of pyridine rings is 1. The van der Waals surface area contributed by atoms with Gasteiger partial charge in [-0.25, -0.2) is 4.79 Å². The molecule has 0 aliphatic carbocycles. The number of carbonyl (C=O) groups is 3. The van der Waals surface area contributed by atoms with Crippen LogP contribution in [-0.2, 0) is 9.59 Å². The molecule has 1 unspecified atom stereocenters. The van der Waals surface area contributed by atoms with Crippen LogP contribution >= 0.6 is 0 Å². The second-order valence-corrected chi connectivity index (χ2v) is 8.07. The van der Waals surface area contributed by atoms with Crippen LogP contribution in [0.5, 0.6) is 0 Å². The number of hydrogen-bond donors (Lipinski definition) is 1. The van der Waals surface area contributed by atoms with Crippen molar-refractivity contribution in [1.29, 1.82) is 0 Å². The lowest BCUT2D eigenvalue weighted by Crippen LogP contribution is -2.61. The Kier molecular flexibility index (Phi) is 6.71. The number of halogens is 3. The highest BCUT2D eigenvalue weighted by Gasteiger charge is 2.44. The first-order valence-electron chi connectivity index (χ1n) is 10.2. The number of aliphatic carboxylic acids is 1. The zero-order chi connectivity index (χ0) is 23.5. The van der Waals surface area contributed by atoms with E-state index in [1.807, 2.05) is 47.2 Å². The fourth-order valence-corrected chi connectivity index (χ4v) is 4.32. The molecular weight excluding hydrogens is 427 g/mol. The number of amides is 2. The highest BCUT2D eigenvalue weighted by Crippen LogP contribution is 2.36. The molecule has 32 heavy (non-hydrogen) atoms. The van der Waals surface area contributed by atoms with E-state index in [0.717, 1.165) is 43.1 Å². The van der Waals surface area contributed by atoms with Gasteiger partial charge in [-0.05, 0) is 49.9 Å². The summed E-state index contributed by atoms with van der Waals surface area (Å²) in [5.74, 6) is -2.50. The molecule has 2 aliphatic rings. The van der Waals surface area contributed by atoms with Gasteiger partial charge < -0.3 is 14.9 Å². The first kappa shape index (κ1) is 23.5. The average molecular weight is 451 g/mol. The molecule has 1 spiro atoms. The third-order valence-electron chi connectivity index (χ3n) is 6.05. The van der Waals surface area contributed by atoms with Crippen LogP contribution in [0.4, 0.5) is 13.2 Å². The van der Waals surface area contributed by atoms with Crippen molar-refractivity contribution in [3.05, 3.63) is 42.1 Å². The number of rotatable bonds is 1. The van der Waals surface area contributed by atoms with Gasteiger partial charge >= 0.3 is 12.1 Å². The van der Waals surface area contributed by atoms with Gasteiger partial charge in [0.15, 0.2) is 0 Å².